The molecule has 2 atom stereocenters. The molecule has 3 heteroatoms. The number of rotatable bonds is 2. The maximum absolute atomic E-state index is 2.37. The van der Waals surface area contributed by atoms with Gasteiger partial charge in [-0.1, -0.05) is 67.6 Å². The van der Waals surface area contributed by atoms with Gasteiger partial charge in [0.25, 0.3) is 0 Å². The van der Waals surface area contributed by atoms with Crippen molar-refractivity contribution in [2.45, 2.75) is 19.0 Å². The molecule has 0 radical (unpaired) electrons. The van der Waals surface area contributed by atoms with Gasteiger partial charge in [-0.15, -0.1) is 24.0 Å². The standard InChI is InChI=1S/C18H22N2.HI/c1-14-17(15-10-6-4-7-11-15)19(2)20(3)18(14)16-12-8-5-9-13-16;/h4-14,17-18H,1-3H3;1H. The number of nitrogens with zero attached hydrogens (tertiary/aromatic N) is 2. The van der Waals surface area contributed by atoms with Gasteiger partial charge in [0.05, 0.1) is 12.1 Å². The number of hydrogen-bond acceptors (Lipinski definition) is 2. The summed E-state index contributed by atoms with van der Waals surface area (Å²) in [7, 11) is 4.38. The lowest BCUT2D eigenvalue weighted by molar-refractivity contribution is 0.0252. The van der Waals surface area contributed by atoms with E-state index in [1.165, 1.54) is 11.1 Å². The topological polar surface area (TPSA) is 6.48 Å². The summed E-state index contributed by atoms with van der Waals surface area (Å²) in [6.45, 7) is 2.36. The molecule has 1 aliphatic rings. The Hall–Kier alpha value is -0.910. The van der Waals surface area contributed by atoms with E-state index in [0.29, 0.717) is 18.0 Å². The van der Waals surface area contributed by atoms with Crippen LogP contribution in [0.15, 0.2) is 60.7 Å². The van der Waals surface area contributed by atoms with E-state index in [4.69, 9.17) is 0 Å². The molecule has 3 rings (SSSR count). The number of hydrogen-bond donors (Lipinski definition) is 0. The molecule has 1 aliphatic heterocycles. The molecule has 0 spiro atoms. The van der Waals surface area contributed by atoms with Crippen LogP contribution < -0.4 is 0 Å². The molecule has 2 unspecified atom stereocenters. The third-order valence-corrected chi connectivity index (χ3v) is 4.58. The van der Waals surface area contributed by atoms with Crippen molar-refractivity contribution in [1.29, 1.82) is 0 Å². The highest BCUT2D eigenvalue weighted by atomic mass is 127. The molecule has 1 saturated heterocycles. The van der Waals surface area contributed by atoms with E-state index in [1.54, 1.807) is 0 Å². The molecule has 0 N–H and O–H groups in total. The van der Waals surface area contributed by atoms with Crippen LogP contribution in [0.4, 0.5) is 0 Å². The van der Waals surface area contributed by atoms with E-state index < -0.39 is 0 Å². The van der Waals surface area contributed by atoms with Crippen molar-refractivity contribution in [2.24, 2.45) is 5.92 Å². The average molecular weight is 394 g/mol. The van der Waals surface area contributed by atoms with Gasteiger partial charge in [0.15, 0.2) is 0 Å². The fourth-order valence-corrected chi connectivity index (χ4v) is 3.58. The van der Waals surface area contributed by atoms with Crippen molar-refractivity contribution in [3.8, 4) is 0 Å². The van der Waals surface area contributed by atoms with Crippen LogP contribution in [-0.4, -0.2) is 24.1 Å². The Morgan fingerprint density at radius 1 is 0.667 bits per heavy atom. The summed E-state index contributed by atoms with van der Waals surface area (Å²) in [5, 5.41) is 4.75. The van der Waals surface area contributed by atoms with E-state index in [0.717, 1.165) is 0 Å². The lowest BCUT2D eigenvalue weighted by Gasteiger charge is -2.27. The van der Waals surface area contributed by atoms with E-state index in [2.05, 4.69) is 91.7 Å². The molecule has 1 heterocycles. The lowest BCUT2D eigenvalue weighted by atomic mass is 9.87. The van der Waals surface area contributed by atoms with Crippen LogP contribution in [0, 0.1) is 5.92 Å². The first-order chi connectivity index (χ1) is 9.70. The van der Waals surface area contributed by atoms with Crippen molar-refractivity contribution in [1.82, 2.24) is 10.0 Å². The number of halogens is 1. The molecular formula is C18H23IN2. The highest BCUT2D eigenvalue weighted by Crippen LogP contribution is 2.46. The first kappa shape index (κ1) is 16.5. The Labute approximate surface area is 144 Å². The third kappa shape index (κ3) is 3.00. The van der Waals surface area contributed by atoms with Gasteiger partial charge in [0.2, 0.25) is 0 Å². The minimum Gasteiger partial charge on any atom is -0.237 e. The van der Waals surface area contributed by atoms with Gasteiger partial charge < -0.3 is 0 Å². The molecule has 2 aromatic carbocycles. The third-order valence-electron chi connectivity index (χ3n) is 4.58. The second-order valence-electron chi connectivity index (χ2n) is 5.72. The van der Waals surface area contributed by atoms with Gasteiger partial charge in [-0.25, -0.2) is 10.0 Å². The van der Waals surface area contributed by atoms with E-state index in [-0.39, 0.29) is 24.0 Å². The maximum Gasteiger partial charge on any atom is 0.0536 e. The summed E-state index contributed by atoms with van der Waals surface area (Å²) in [5.74, 6) is 0.551. The first-order valence-electron chi connectivity index (χ1n) is 7.25. The van der Waals surface area contributed by atoms with Crippen molar-refractivity contribution in [3.05, 3.63) is 71.8 Å². The first-order valence-corrected chi connectivity index (χ1v) is 7.25. The second kappa shape index (κ2) is 6.90. The van der Waals surface area contributed by atoms with E-state index >= 15 is 0 Å². The van der Waals surface area contributed by atoms with Gasteiger partial charge in [-0.3, -0.25) is 0 Å². The Morgan fingerprint density at radius 3 is 1.33 bits per heavy atom. The van der Waals surface area contributed by atoms with Gasteiger partial charge >= 0.3 is 0 Å². The van der Waals surface area contributed by atoms with Crippen molar-refractivity contribution in [3.63, 3.8) is 0 Å². The van der Waals surface area contributed by atoms with Crippen LogP contribution in [0.5, 0.6) is 0 Å². The minimum atomic E-state index is 0. The molecule has 0 saturated carbocycles. The molecule has 112 valence electrons. The molecule has 2 aromatic rings. The zero-order chi connectivity index (χ0) is 14.1. The van der Waals surface area contributed by atoms with Crippen LogP contribution in [-0.2, 0) is 0 Å². The minimum absolute atomic E-state index is 0. The summed E-state index contributed by atoms with van der Waals surface area (Å²) in [6, 6.07) is 22.5. The molecule has 2 nitrogen and oxygen atoms in total. The van der Waals surface area contributed by atoms with Crippen molar-refractivity contribution >= 4 is 24.0 Å². The Bertz CT molecular complexity index is 506. The van der Waals surface area contributed by atoms with Gasteiger partial charge in [0, 0.05) is 14.1 Å². The van der Waals surface area contributed by atoms with E-state index in [1.807, 2.05) is 0 Å². The van der Waals surface area contributed by atoms with Crippen molar-refractivity contribution in [2.75, 3.05) is 14.1 Å². The smallest absolute Gasteiger partial charge is 0.0536 e. The summed E-state index contributed by atoms with van der Waals surface area (Å²) in [4.78, 5) is 0. The lowest BCUT2D eigenvalue weighted by Crippen LogP contribution is -2.32. The zero-order valence-corrected chi connectivity index (χ0v) is 15.1. The number of hydrazine groups is 1. The highest BCUT2D eigenvalue weighted by molar-refractivity contribution is 14.0. The largest absolute Gasteiger partial charge is 0.237 e. The summed E-state index contributed by atoms with van der Waals surface area (Å²) in [6.07, 6.45) is 0. The molecule has 0 aromatic heterocycles. The summed E-state index contributed by atoms with van der Waals surface area (Å²) < 4.78 is 0. The predicted molar refractivity (Wildman–Crippen MR) is 98.5 cm³/mol. The normalized spacial score (nSPS) is 26.5. The van der Waals surface area contributed by atoms with Gasteiger partial charge in [0.1, 0.15) is 0 Å². The highest BCUT2D eigenvalue weighted by Gasteiger charge is 2.42. The molecule has 0 aliphatic carbocycles. The van der Waals surface area contributed by atoms with E-state index in [9.17, 15) is 0 Å². The Balaban J connectivity index is 0.00000161. The molecule has 0 bridgehead atoms. The van der Waals surface area contributed by atoms with Crippen molar-refractivity contribution < 1.29 is 0 Å². The fraction of sp³-hybridized carbons (Fsp3) is 0.333. The summed E-state index contributed by atoms with van der Waals surface area (Å²) in [5.41, 5.74) is 2.79. The number of benzene rings is 2. The molecule has 21 heavy (non-hydrogen) atoms. The quantitative estimate of drug-likeness (QED) is 0.692. The van der Waals surface area contributed by atoms with Crippen LogP contribution >= 0.6 is 24.0 Å². The summed E-state index contributed by atoms with van der Waals surface area (Å²) >= 11 is 0. The predicted octanol–water partition coefficient (Wildman–Crippen LogP) is 4.52. The molecule has 1 fully saturated rings. The van der Waals surface area contributed by atoms with Gasteiger partial charge in [-0.05, 0) is 17.0 Å². The average Bonchev–Trinajstić information content (AvgIpc) is 2.71. The maximum atomic E-state index is 2.37. The van der Waals surface area contributed by atoms with Crippen LogP contribution in [0.2, 0.25) is 0 Å². The monoisotopic (exact) mass is 394 g/mol. The second-order valence-corrected chi connectivity index (χ2v) is 5.72. The van der Waals surface area contributed by atoms with Crippen LogP contribution in [0.3, 0.4) is 0 Å². The SMILES string of the molecule is CC1C(c2ccccc2)N(C)N(C)C1c1ccccc1.I. The Morgan fingerprint density at radius 2 is 1.00 bits per heavy atom. The van der Waals surface area contributed by atoms with Crippen LogP contribution in [0.1, 0.15) is 30.1 Å². The fourth-order valence-electron chi connectivity index (χ4n) is 3.58. The molecule has 0 amide bonds. The van der Waals surface area contributed by atoms with Crippen LogP contribution in [0.25, 0.3) is 0 Å². The zero-order valence-electron chi connectivity index (χ0n) is 12.8. The molecular weight excluding hydrogens is 371 g/mol. The van der Waals surface area contributed by atoms with Gasteiger partial charge in [-0.2, -0.15) is 0 Å². The Kier molecular flexibility index (Phi) is 5.41.